The lowest BCUT2D eigenvalue weighted by Crippen LogP contribution is -2.37. The summed E-state index contributed by atoms with van der Waals surface area (Å²) >= 11 is 0. The third-order valence-electron chi connectivity index (χ3n) is 4.29. The van der Waals surface area contributed by atoms with Gasteiger partial charge in [-0.1, -0.05) is 47.9 Å². The molecule has 0 spiro atoms. The molecule has 0 aliphatic rings. The van der Waals surface area contributed by atoms with Gasteiger partial charge in [-0.2, -0.15) is 0 Å². The summed E-state index contributed by atoms with van der Waals surface area (Å²) in [6.07, 6.45) is 2.41. The van der Waals surface area contributed by atoms with Crippen LogP contribution < -0.4 is 0 Å². The summed E-state index contributed by atoms with van der Waals surface area (Å²) in [6, 6.07) is 0. The Balaban J connectivity index is 4.93. The lowest BCUT2D eigenvalue weighted by atomic mass is 9.50. The Kier molecular flexibility index (Phi) is 4.28. The molecule has 0 aliphatic heterocycles. The Labute approximate surface area is 85.1 Å². The monoisotopic (exact) mass is 180 g/mol. The number of hydrogen-bond donors (Lipinski definition) is 0. The van der Waals surface area contributed by atoms with Crippen LogP contribution in [0.15, 0.2) is 12.1 Å². The van der Waals surface area contributed by atoms with Crippen LogP contribution in [-0.4, -0.2) is 7.28 Å². The van der Waals surface area contributed by atoms with Crippen molar-refractivity contribution < 1.29 is 0 Å². The van der Waals surface area contributed by atoms with Crippen molar-refractivity contribution in [2.75, 3.05) is 0 Å². The second-order valence-electron chi connectivity index (χ2n) is 4.88. The van der Waals surface area contributed by atoms with Gasteiger partial charge in [0.05, 0.1) is 0 Å². The number of hydrogen-bond acceptors (Lipinski definition) is 0. The Morgan fingerprint density at radius 2 is 1.62 bits per heavy atom. The maximum absolute atomic E-state index is 4.23. The van der Waals surface area contributed by atoms with Gasteiger partial charge in [-0.05, 0) is 17.3 Å². The summed E-state index contributed by atoms with van der Waals surface area (Å²) in [5.41, 5.74) is 2.08. The van der Waals surface area contributed by atoms with Crippen molar-refractivity contribution in [3.8, 4) is 0 Å². The van der Waals surface area contributed by atoms with Crippen LogP contribution in [0.25, 0.3) is 0 Å². The van der Waals surface area contributed by atoms with Crippen LogP contribution in [0.5, 0.6) is 0 Å². The van der Waals surface area contributed by atoms with Gasteiger partial charge in [0.1, 0.15) is 7.28 Å². The van der Waals surface area contributed by atoms with E-state index in [1.807, 2.05) is 0 Å². The van der Waals surface area contributed by atoms with E-state index in [1.54, 1.807) is 0 Å². The van der Waals surface area contributed by atoms with Crippen molar-refractivity contribution in [1.29, 1.82) is 0 Å². The predicted octanol–water partition coefficient (Wildman–Crippen LogP) is 3.84. The van der Waals surface area contributed by atoms with Crippen LogP contribution in [-0.2, 0) is 0 Å². The first-order chi connectivity index (χ1) is 5.85. The highest BCUT2D eigenvalue weighted by molar-refractivity contribution is 6.43. The molecule has 0 heterocycles. The third kappa shape index (κ3) is 2.18. The summed E-state index contributed by atoms with van der Waals surface area (Å²) in [4.78, 5) is 0. The summed E-state index contributed by atoms with van der Waals surface area (Å²) in [6.45, 7) is 18.1. The van der Waals surface area contributed by atoms with E-state index in [1.165, 1.54) is 18.3 Å². The first-order valence-electron chi connectivity index (χ1n) is 5.54. The van der Waals surface area contributed by atoms with Crippen molar-refractivity contribution in [3.05, 3.63) is 12.1 Å². The summed E-state index contributed by atoms with van der Waals surface area (Å²) in [5, 5.41) is 0. The minimum absolute atomic E-state index is 0.302. The van der Waals surface area contributed by atoms with Crippen LogP contribution in [0.1, 0.15) is 47.5 Å². The highest BCUT2D eigenvalue weighted by Crippen LogP contribution is 2.48. The standard InChI is InChI=1S/C12H25B/c1-8-11(4,5)12(6,9-2)10(3)13-7/h13H,3,8-9H2,1-2,4-7H3. The summed E-state index contributed by atoms with van der Waals surface area (Å²) < 4.78 is 0. The lowest BCUT2D eigenvalue weighted by Gasteiger charge is -2.45. The Bertz CT molecular complexity index is 182. The highest BCUT2D eigenvalue weighted by Gasteiger charge is 2.39. The molecular weight excluding hydrogens is 155 g/mol. The fourth-order valence-electron chi connectivity index (χ4n) is 1.99. The SMILES string of the molecule is C=C(BC)C(C)(CC)C(C)(C)CC. The van der Waals surface area contributed by atoms with Crippen LogP contribution in [0.4, 0.5) is 0 Å². The minimum atomic E-state index is 0.302. The molecule has 0 amide bonds. The quantitative estimate of drug-likeness (QED) is 0.564. The van der Waals surface area contributed by atoms with Crippen molar-refractivity contribution in [2.45, 2.75) is 54.3 Å². The maximum Gasteiger partial charge on any atom is 0.149 e. The van der Waals surface area contributed by atoms with E-state index in [4.69, 9.17) is 0 Å². The van der Waals surface area contributed by atoms with Crippen molar-refractivity contribution in [1.82, 2.24) is 0 Å². The summed E-state index contributed by atoms with van der Waals surface area (Å²) in [5.74, 6) is 0. The van der Waals surface area contributed by atoms with Crippen molar-refractivity contribution >= 4 is 7.28 Å². The second kappa shape index (κ2) is 4.35. The van der Waals surface area contributed by atoms with Gasteiger partial charge in [-0.25, -0.2) is 0 Å². The normalized spacial score (nSPS) is 16.5. The average molecular weight is 180 g/mol. The molecule has 1 atom stereocenters. The zero-order valence-corrected chi connectivity index (χ0v) is 10.3. The van der Waals surface area contributed by atoms with Gasteiger partial charge in [-0.3, -0.25) is 0 Å². The fraction of sp³-hybridized carbons (Fsp3) is 0.833. The van der Waals surface area contributed by atoms with E-state index in [2.05, 4.69) is 48.0 Å². The number of rotatable bonds is 5. The van der Waals surface area contributed by atoms with Gasteiger partial charge in [0.2, 0.25) is 0 Å². The largest absolute Gasteiger partial charge is 0.149 e. The predicted molar refractivity (Wildman–Crippen MR) is 64.6 cm³/mol. The topological polar surface area (TPSA) is 0 Å². The summed E-state index contributed by atoms with van der Waals surface area (Å²) in [7, 11) is 1.10. The molecule has 0 N–H and O–H groups in total. The van der Waals surface area contributed by atoms with Gasteiger partial charge < -0.3 is 0 Å². The first-order valence-corrected chi connectivity index (χ1v) is 5.54. The molecule has 13 heavy (non-hydrogen) atoms. The molecule has 0 rings (SSSR count). The van der Waals surface area contributed by atoms with E-state index in [0.29, 0.717) is 10.8 Å². The van der Waals surface area contributed by atoms with Gasteiger partial charge in [0.25, 0.3) is 0 Å². The van der Waals surface area contributed by atoms with E-state index >= 15 is 0 Å². The van der Waals surface area contributed by atoms with Gasteiger partial charge in [0, 0.05) is 0 Å². The fourth-order valence-corrected chi connectivity index (χ4v) is 1.99. The number of allylic oxidation sites excluding steroid dienone is 1. The average Bonchev–Trinajstić information content (AvgIpc) is 2.14. The van der Waals surface area contributed by atoms with Crippen molar-refractivity contribution in [3.63, 3.8) is 0 Å². The Hall–Kier alpha value is -0.195. The smallest absolute Gasteiger partial charge is 0.108 e. The molecule has 0 nitrogen and oxygen atoms in total. The molecule has 0 saturated carbocycles. The van der Waals surface area contributed by atoms with Crippen molar-refractivity contribution in [2.24, 2.45) is 10.8 Å². The molecule has 0 fully saturated rings. The molecule has 0 aliphatic carbocycles. The van der Waals surface area contributed by atoms with Crippen LogP contribution >= 0.6 is 0 Å². The van der Waals surface area contributed by atoms with Crippen LogP contribution in [0.3, 0.4) is 0 Å². The molecule has 76 valence electrons. The molecule has 1 unspecified atom stereocenters. The van der Waals surface area contributed by atoms with Crippen LogP contribution in [0.2, 0.25) is 6.82 Å². The minimum Gasteiger partial charge on any atom is -0.108 e. The molecule has 0 radical (unpaired) electrons. The molecule has 0 aromatic rings. The molecular formula is C12H25B. The lowest BCUT2D eigenvalue weighted by molar-refractivity contribution is 0.127. The first kappa shape index (κ1) is 12.8. The molecule has 0 aromatic carbocycles. The van der Waals surface area contributed by atoms with Gasteiger partial charge >= 0.3 is 0 Å². The Morgan fingerprint density at radius 3 is 1.85 bits per heavy atom. The highest BCUT2D eigenvalue weighted by atomic mass is 14.4. The Morgan fingerprint density at radius 1 is 1.15 bits per heavy atom. The van der Waals surface area contributed by atoms with Gasteiger partial charge in [-0.15, -0.1) is 12.1 Å². The van der Waals surface area contributed by atoms with E-state index < -0.39 is 0 Å². The zero-order valence-electron chi connectivity index (χ0n) is 10.3. The van der Waals surface area contributed by atoms with E-state index in [-0.39, 0.29) is 0 Å². The molecule has 0 saturated heterocycles. The molecule has 1 heteroatoms. The third-order valence-corrected chi connectivity index (χ3v) is 4.29. The van der Waals surface area contributed by atoms with E-state index in [0.717, 1.165) is 7.28 Å². The maximum atomic E-state index is 4.23. The molecule has 0 bridgehead atoms. The van der Waals surface area contributed by atoms with Crippen LogP contribution in [0, 0.1) is 10.8 Å². The van der Waals surface area contributed by atoms with Gasteiger partial charge in [0.15, 0.2) is 0 Å². The zero-order chi connectivity index (χ0) is 10.7. The second-order valence-corrected chi connectivity index (χ2v) is 4.88. The van der Waals surface area contributed by atoms with E-state index in [9.17, 15) is 0 Å². The molecule has 0 aromatic heterocycles.